The summed E-state index contributed by atoms with van der Waals surface area (Å²) in [7, 11) is 0. The van der Waals surface area contributed by atoms with Gasteiger partial charge >= 0.3 is 0 Å². The Morgan fingerprint density at radius 2 is 1.95 bits per heavy atom. The zero-order chi connectivity index (χ0) is 14.7. The molecule has 0 heterocycles. The normalized spacial score (nSPS) is 11.3. The first-order valence-electron chi connectivity index (χ1n) is 5.51. The van der Waals surface area contributed by atoms with Crippen molar-refractivity contribution in [3.63, 3.8) is 0 Å². The number of hydrogen-bond donors (Lipinski definition) is 4. The number of nitrogens with two attached hydrogens (primary N) is 1. The van der Waals surface area contributed by atoms with E-state index >= 15 is 0 Å². The molecule has 0 aromatic rings. The second-order valence-corrected chi connectivity index (χ2v) is 4.38. The summed E-state index contributed by atoms with van der Waals surface area (Å²) < 4.78 is 0. The van der Waals surface area contributed by atoms with Crippen molar-refractivity contribution in [1.82, 2.24) is 16.0 Å². The van der Waals surface area contributed by atoms with E-state index in [-0.39, 0.29) is 19.6 Å². The van der Waals surface area contributed by atoms with Gasteiger partial charge in [-0.15, -0.1) is 0 Å². The van der Waals surface area contributed by atoms with Crippen LogP contribution in [0, 0.1) is 0 Å². The molecule has 0 aromatic carbocycles. The van der Waals surface area contributed by atoms with Crippen LogP contribution in [0.5, 0.6) is 0 Å². The van der Waals surface area contributed by atoms with Gasteiger partial charge < -0.3 is 26.5 Å². The van der Waals surface area contributed by atoms with E-state index < -0.39 is 23.8 Å². The maximum absolute atomic E-state index is 11.7. The van der Waals surface area contributed by atoms with Gasteiger partial charge in [0.05, 0.1) is 19.6 Å². The second kappa shape index (κ2) is 10.3. The van der Waals surface area contributed by atoms with Gasteiger partial charge in [0.25, 0.3) is 0 Å². The Morgan fingerprint density at radius 3 is 2.47 bits per heavy atom. The molecule has 0 radical (unpaired) electrons. The summed E-state index contributed by atoms with van der Waals surface area (Å²) in [5, 5.41) is 7.10. The smallest absolute Gasteiger partial charge is 0.243 e. The maximum atomic E-state index is 11.7. The van der Waals surface area contributed by atoms with Crippen LogP contribution in [0.2, 0.25) is 0 Å². The summed E-state index contributed by atoms with van der Waals surface area (Å²) in [5.74, 6) is -1.03. The number of rotatable bonds is 9. The van der Waals surface area contributed by atoms with Gasteiger partial charge in [0, 0.05) is 5.75 Å². The van der Waals surface area contributed by atoms with Crippen LogP contribution >= 0.6 is 11.8 Å². The van der Waals surface area contributed by atoms with E-state index in [1.807, 2.05) is 0 Å². The molecule has 0 spiro atoms. The minimum absolute atomic E-state index is 0.104. The van der Waals surface area contributed by atoms with Crippen molar-refractivity contribution in [2.45, 2.75) is 6.04 Å². The molecule has 0 aromatic heterocycles. The van der Waals surface area contributed by atoms with Gasteiger partial charge in [-0.2, -0.15) is 11.8 Å². The van der Waals surface area contributed by atoms with Gasteiger partial charge in [-0.3, -0.25) is 14.4 Å². The van der Waals surface area contributed by atoms with Gasteiger partial charge in [-0.25, -0.2) is 0 Å². The first kappa shape index (κ1) is 17.4. The van der Waals surface area contributed by atoms with Crippen LogP contribution in [0.15, 0.2) is 0 Å². The van der Waals surface area contributed by atoms with Crippen LogP contribution in [0.4, 0.5) is 0 Å². The quantitative estimate of drug-likeness (QED) is 0.340. The number of aldehydes is 1. The SMILES string of the molecule is CSC[C@H](NC(=O)CN)C(=O)NCC(=O)NCC=O. The monoisotopic (exact) mass is 290 g/mol. The Bertz CT molecular complexity index is 337. The molecule has 0 aliphatic carbocycles. The summed E-state index contributed by atoms with van der Waals surface area (Å²) in [6.45, 7) is -0.569. The third kappa shape index (κ3) is 8.16. The van der Waals surface area contributed by atoms with Crippen molar-refractivity contribution in [3.8, 4) is 0 Å². The Kier molecular flexibility index (Phi) is 9.45. The van der Waals surface area contributed by atoms with Crippen LogP contribution in [0.25, 0.3) is 0 Å². The lowest BCUT2D eigenvalue weighted by atomic mass is 10.3. The third-order valence-corrected chi connectivity index (χ3v) is 2.64. The Hall–Kier alpha value is -1.61. The molecule has 0 saturated carbocycles. The molecule has 3 amide bonds. The number of carbonyl (C=O) groups is 4. The molecule has 0 bridgehead atoms. The number of carbonyl (C=O) groups excluding carboxylic acids is 4. The number of nitrogens with one attached hydrogen (secondary N) is 3. The lowest BCUT2D eigenvalue weighted by Crippen LogP contribution is -2.51. The van der Waals surface area contributed by atoms with Crippen molar-refractivity contribution in [1.29, 1.82) is 0 Å². The fourth-order valence-corrected chi connectivity index (χ4v) is 1.68. The minimum atomic E-state index is -0.745. The minimum Gasteiger partial charge on any atom is -0.348 e. The van der Waals surface area contributed by atoms with Gasteiger partial charge in [0.15, 0.2) is 0 Å². The van der Waals surface area contributed by atoms with E-state index in [2.05, 4.69) is 16.0 Å². The summed E-state index contributed by atoms with van der Waals surface area (Å²) >= 11 is 1.38. The van der Waals surface area contributed by atoms with E-state index in [9.17, 15) is 19.2 Å². The molecule has 0 rings (SSSR count). The third-order valence-electron chi connectivity index (χ3n) is 1.98. The fraction of sp³-hybridized carbons (Fsp3) is 0.600. The molecule has 0 saturated heterocycles. The molecular weight excluding hydrogens is 272 g/mol. The van der Waals surface area contributed by atoms with E-state index in [1.54, 1.807) is 6.26 Å². The lowest BCUT2D eigenvalue weighted by Gasteiger charge is -2.16. The molecule has 108 valence electrons. The predicted octanol–water partition coefficient (Wildman–Crippen LogP) is -2.78. The van der Waals surface area contributed by atoms with Crippen LogP contribution in [-0.2, 0) is 19.2 Å². The van der Waals surface area contributed by atoms with E-state index in [0.29, 0.717) is 12.0 Å². The molecule has 19 heavy (non-hydrogen) atoms. The van der Waals surface area contributed by atoms with Crippen molar-refractivity contribution in [2.75, 3.05) is 31.6 Å². The van der Waals surface area contributed by atoms with Crippen LogP contribution in [0.1, 0.15) is 0 Å². The zero-order valence-corrected chi connectivity index (χ0v) is 11.4. The predicted molar refractivity (Wildman–Crippen MR) is 71.5 cm³/mol. The van der Waals surface area contributed by atoms with Crippen LogP contribution < -0.4 is 21.7 Å². The average molecular weight is 290 g/mol. The standard InChI is InChI=1S/C10H18N4O4S/c1-19-6-7(14-8(16)4-11)10(18)13-5-9(17)12-2-3-15/h3,7H,2,4-6,11H2,1H3,(H,12,17)(H,13,18)(H,14,16)/t7-/m0/s1. The van der Waals surface area contributed by atoms with Crippen LogP contribution in [-0.4, -0.2) is 61.7 Å². The topological polar surface area (TPSA) is 130 Å². The Balaban J connectivity index is 4.20. The Labute approximate surface area is 115 Å². The molecule has 8 nitrogen and oxygen atoms in total. The molecule has 5 N–H and O–H groups in total. The molecule has 0 unspecified atom stereocenters. The highest BCUT2D eigenvalue weighted by Crippen LogP contribution is 1.97. The Morgan fingerprint density at radius 1 is 1.26 bits per heavy atom. The summed E-state index contributed by atoms with van der Waals surface area (Å²) in [4.78, 5) is 44.1. The largest absolute Gasteiger partial charge is 0.348 e. The zero-order valence-electron chi connectivity index (χ0n) is 10.6. The number of thioether (sulfide) groups is 1. The molecule has 9 heteroatoms. The van der Waals surface area contributed by atoms with Gasteiger partial charge in [-0.05, 0) is 6.26 Å². The van der Waals surface area contributed by atoms with Crippen molar-refractivity contribution < 1.29 is 19.2 Å². The van der Waals surface area contributed by atoms with Crippen molar-refractivity contribution in [3.05, 3.63) is 0 Å². The van der Waals surface area contributed by atoms with Gasteiger partial charge in [0.2, 0.25) is 17.7 Å². The molecule has 0 fully saturated rings. The maximum Gasteiger partial charge on any atom is 0.243 e. The highest BCUT2D eigenvalue weighted by molar-refractivity contribution is 7.98. The van der Waals surface area contributed by atoms with Crippen molar-refractivity contribution >= 4 is 35.8 Å². The van der Waals surface area contributed by atoms with E-state index in [0.717, 1.165) is 0 Å². The summed E-state index contributed by atoms with van der Waals surface area (Å²) in [5.41, 5.74) is 5.15. The van der Waals surface area contributed by atoms with E-state index in [4.69, 9.17) is 5.73 Å². The number of amides is 3. The first-order chi connectivity index (χ1) is 9.04. The second-order valence-electron chi connectivity index (χ2n) is 3.47. The lowest BCUT2D eigenvalue weighted by molar-refractivity contribution is -0.129. The number of hydrogen-bond acceptors (Lipinski definition) is 6. The fourth-order valence-electron chi connectivity index (χ4n) is 1.11. The van der Waals surface area contributed by atoms with Gasteiger partial charge in [0.1, 0.15) is 12.3 Å². The van der Waals surface area contributed by atoms with Gasteiger partial charge in [-0.1, -0.05) is 0 Å². The summed E-state index contributed by atoms with van der Waals surface area (Å²) in [6, 6.07) is -0.745. The molecule has 0 aliphatic rings. The molecule has 0 aliphatic heterocycles. The molecule has 1 atom stereocenters. The average Bonchev–Trinajstić information content (AvgIpc) is 2.41. The van der Waals surface area contributed by atoms with Crippen LogP contribution in [0.3, 0.4) is 0 Å². The summed E-state index contributed by atoms with van der Waals surface area (Å²) in [6.07, 6.45) is 2.32. The molecular formula is C10H18N4O4S. The highest BCUT2D eigenvalue weighted by atomic mass is 32.2. The van der Waals surface area contributed by atoms with Crippen molar-refractivity contribution in [2.24, 2.45) is 5.73 Å². The first-order valence-corrected chi connectivity index (χ1v) is 6.91. The highest BCUT2D eigenvalue weighted by Gasteiger charge is 2.19. The van der Waals surface area contributed by atoms with E-state index in [1.165, 1.54) is 11.8 Å².